The first-order chi connectivity index (χ1) is 30.8. The van der Waals surface area contributed by atoms with Crippen molar-refractivity contribution in [3.63, 3.8) is 0 Å². The third-order valence-electron chi connectivity index (χ3n) is 6.94. The monoisotopic (exact) mass is 1010 g/mol. The van der Waals surface area contributed by atoms with Gasteiger partial charge in [0.05, 0.1) is 49.8 Å². The van der Waals surface area contributed by atoms with Gasteiger partial charge in [-0.15, -0.1) is 0 Å². The highest BCUT2D eigenvalue weighted by molar-refractivity contribution is 7.98. The quantitative estimate of drug-likeness (QED) is 0.0383. The van der Waals surface area contributed by atoms with Gasteiger partial charge < -0.3 is 96.9 Å². The number of aliphatic hydroxyl groups is 1. The summed E-state index contributed by atoms with van der Waals surface area (Å²) in [5.74, 6) is -8.26. The molecule has 388 valence electrons. The van der Waals surface area contributed by atoms with E-state index in [1.54, 1.807) is 11.8 Å². The van der Waals surface area contributed by atoms with Crippen LogP contribution in [0.5, 0.6) is 0 Å². The maximum absolute atomic E-state index is 11.1. The molecule has 1 unspecified atom stereocenters. The van der Waals surface area contributed by atoms with Crippen LogP contribution in [0.15, 0.2) is 0 Å². The van der Waals surface area contributed by atoms with E-state index >= 15 is 0 Å². The van der Waals surface area contributed by atoms with Crippen LogP contribution in [0.4, 0.5) is 0 Å². The summed E-state index contributed by atoms with van der Waals surface area (Å²) in [7, 11) is 0. The number of aliphatic carboxylic acids is 5. The third-order valence-corrected chi connectivity index (χ3v) is 8.23. The second-order valence-corrected chi connectivity index (χ2v) is 15.3. The van der Waals surface area contributed by atoms with Crippen molar-refractivity contribution >= 4 is 94.7 Å². The minimum Gasteiger partial charge on any atom is -0.480 e. The predicted molar refractivity (Wildman–Crippen MR) is 242 cm³/mol. The maximum Gasteiger partial charge on any atom is 0.328 e. The molecular weight excluding hydrogens is 941 g/mol. The Labute approximate surface area is 393 Å². The highest BCUT2D eigenvalue weighted by Crippen LogP contribution is 2.01. The van der Waals surface area contributed by atoms with Crippen LogP contribution in [0.3, 0.4) is 0 Å². The van der Waals surface area contributed by atoms with Crippen molar-refractivity contribution in [1.29, 1.82) is 0 Å². The van der Waals surface area contributed by atoms with Crippen molar-refractivity contribution in [2.75, 3.05) is 50.3 Å². The zero-order chi connectivity index (χ0) is 53.6. The molecule has 0 fully saturated rings. The molecule has 0 aliphatic rings. The van der Waals surface area contributed by atoms with Gasteiger partial charge in [-0.25, -0.2) is 14.4 Å². The molecule has 0 saturated carbocycles. The van der Waals surface area contributed by atoms with E-state index < -0.39 is 139 Å². The molecule has 0 radical (unpaired) electrons. The number of primary amides is 1. The van der Waals surface area contributed by atoms with Crippen LogP contribution >= 0.6 is 23.5 Å². The Morgan fingerprint density at radius 2 is 0.821 bits per heavy atom. The zero-order valence-electron chi connectivity index (χ0n) is 37.8. The molecule has 0 spiro atoms. The number of carboxylic acids is 5. The normalized spacial score (nSPS) is 13.4. The highest BCUT2D eigenvalue weighted by atomic mass is 32.2. The fraction of sp³-hybridized carbons (Fsp3) is 0.657. The van der Waals surface area contributed by atoms with Gasteiger partial charge in [0.2, 0.25) is 41.4 Å². The fourth-order valence-electron chi connectivity index (χ4n) is 3.22. The van der Waals surface area contributed by atoms with Crippen molar-refractivity contribution in [3.05, 3.63) is 0 Å². The number of nitrogens with one attached hydrogen (secondary N) is 6. The molecule has 30 nitrogen and oxygen atoms in total. The Morgan fingerprint density at radius 1 is 0.478 bits per heavy atom. The van der Waals surface area contributed by atoms with Gasteiger partial charge in [-0.2, -0.15) is 23.5 Å². The number of aliphatic hydroxyl groups excluding tert-OH is 1. The van der Waals surface area contributed by atoms with Crippen molar-refractivity contribution < 1.29 is 88.2 Å². The van der Waals surface area contributed by atoms with Gasteiger partial charge in [0.1, 0.15) is 31.2 Å². The van der Waals surface area contributed by atoms with Crippen LogP contribution in [0.1, 0.15) is 47.0 Å². The summed E-state index contributed by atoms with van der Waals surface area (Å²) >= 11 is 3.13. The summed E-state index contributed by atoms with van der Waals surface area (Å²) in [5.41, 5.74) is 31.1. The summed E-state index contributed by atoms with van der Waals surface area (Å²) in [6, 6.07) is -7.00. The molecule has 0 aromatic heterocycles. The van der Waals surface area contributed by atoms with E-state index in [0.29, 0.717) is 18.6 Å². The third kappa shape index (κ3) is 45.1. The number of thioether (sulfide) groups is 2. The van der Waals surface area contributed by atoms with Gasteiger partial charge in [0.25, 0.3) is 0 Å². The molecule has 0 bridgehead atoms. The number of carbonyl (C=O) groups excluding carboxylic acids is 7. The van der Waals surface area contributed by atoms with Crippen LogP contribution < -0.4 is 66.3 Å². The van der Waals surface area contributed by atoms with Gasteiger partial charge >= 0.3 is 29.8 Å². The minimum absolute atomic E-state index is 0.270. The van der Waals surface area contributed by atoms with Crippen LogP contribution in [-0.2, 0) is 57.5 Å². The first kappa shape index (κ1) is 70.1. The first-order valence-corrected chi connectivity index (χ1v) is 22.1. The van der Waals surface area contributed by atoms with Gasteiger partial charge in [0, 0.05) is 0 Å². The molecule has 0 rings (SSSR count). The summed E-state index contributed by atoms with van der Waals surface area (Å²) in [5, 5.41) is 63.7. The first-order valence-electron chi connectivity index (χ1n) is 19.3. The van der Waals surface area contributed by atoms with Crippen molar-refractivity contribution in [1.82, 2.24) is 31.9 Å². The van der Waals surface area contributed by atoms with Gasteiger partial charge in [0.15, 0.2) is 0 Å². The molecule has 0 aliphatic heterocycles. The predicted octanol–water partition coefficient (Wildman–Crippen LogP) is -7.75. The standard InChI is InChI=1S/C8H16N2O3S.2C7H13N3O4.C7H14N2O3S.C6H12N2O4/c1-5(9)7(11)10-6(8(12)13)3-4-14-2;1-4(8)7(14)10-2-5(11)9-3-6(12)13;1-3(8)6(12)10-4(7(13)14)2-5(9)11;1-13-3-2-5(8)7(12)9-4-6(10)11;1-3(7)5(10)8-4(2-9)6(11)12/h5-6H,3-4,9H2,1-2H3,(H,10,11)(H,12,13);4H,2-3,8H2,1H3,(H,9,11)(H,10,14)(H,12,13);3-4H,2,8H2,1H3,(H2,9,11)(H,10,12)(H,13,14);5H,2-4,8H2,1H3,(H,9,12)(H,10,11);3-4,9H,2,7H2,1H3,(H,8,10)(H,11,12)/t5-,6-;;3-,4-;5-;3-,4-/m0.000/s1. The Kier molecular flexibility index (Phi) is 43.5. The highest BCUT2D eigenvalue weighted by Gasteiger charge is 2.24. The molecule has 7 amide bonds. The van der Waals surface area contributed by atoms with Crippen LogP contribution in [-0.4, -0.2) is 200 Å². The van der Waals surface area contributed by atoms with E-state index in [2.05, 4.69) is 31.9 Å². The number of nitrogens with two attached hydrogens (primary N) is 6. The Morgan fingerprint density at radius 3 is 1.15 bits per heavy atom. The molecule has 24 N–H and O–H groups in total. The summed E-state index contributed by atoms with van der Waals surface area (Å²) in [4.78, 5) is 128. The number of hydrogen-bond donors (Lipinski definition) is 18. The summed E-state index contributed by atoms with van der Waals surface area (Å²) < 4.78 is 0. The number of carboxylic acid groups (broad SMARTS) is 5. The molecule has 8 atom stereocenters. The van der Waals surface area contributed by atoms with Crippen LogP contribution in [0.25, 0.3) is 0 Å². The molecule has 0 aliphatic carbocycles. The second kappa shape index (κ2) is 41.5. The number of rotatable bonds is 26. The Hall–Kier alpha value is -5.90. The van der Waals surface area contributed by atoms with Crippen LogP contribution in [0.2, 0.25) is 0 Å². The Balaban J connectivity index is -0.000000239. The minimum atomic E-state index is -1.32. The van der Waals surface area contributed by atoms with E-state index in [-0.39, 0.29) is 13.1 Å². The van der Waals surface area contributed by atoms with E-state index in [4.69, 9.17) is 65.0 Å². The number of amides is 7. The van der Waals surface area contributed by atoms with E-state index in [1.165, 1.54) is 39.5 Å². The molecule has 0 aromatic rings. The molecular formula is C35H68N12O18S2. The van der Waals surface area contributed by atoms with E-state index in [9.17, 15) is 57.5 Å². The molecule has 0 heterocycles. The average molecular weight is 1010 g/mol. The topological polar surface area (TPSA) is 555 Å². The second-order valence-electron chi connectivity index (χ2n) is 13.4. The fourth-order valence-corrected chi connectivity index (χ4v) is 4.19. The number of hydrogen-bond acceptors (Lipinski definition) is 20. The van der Waals surface area contributed by atoms with Crippen LogP contribution in [0, 0.1) is 0 Å². The van der Waals surface area contributed by atoms with Gasteiger partial charge in [-0.05, 0) is 64.6 Å². The molecule has 32 heteroatoms. The van der Waals surface area contributed by atoms with Gasteiger partial charge in [-0.1, -0.05) is 0 Å². The average Bonchev–Trinajstić information content (AvgIpc) is 3.23. The van der Waals surface area contributed by atoms with Gasteiger partial charge in [-0.3, -0.25) is 43.2 Å². The summed E-state index contributed by atoms with van der Waals surface area (Å²) in [6.07, 6.45) is 4.32. The zero-order valence-corrected chi connectivity index (χ0v) is 39.5. The smallest absolute Gasteiger partial charge is 0.328 e. The molecule has 67 heavy (non-hydrogen) atoms. The van der Waals surface area contributed by atoms with E-state index in [0.717, 1.165) is 5.75 Å². The SMILES string of the molecule is CC(N)C(=O)NCC(=O)NCC(=O)O.CSCC[C@H](N)C(=O)NCC(=O)O.CSCC[C@H](NC(=O)[C@H](C)N)C(=O)O.C[C@H](N)C(=O)N[C@@H](CC(N)=O)C(=O)O.C[C@H](N)C(=O)N[C@@H](CO)C(=O)O. The number of carbonyl (C=O) groups is 12. The molecule has 0 aromatic carbocycles. The summed E-state index contributed by atoms with van der Waals surface area (Å²) in [6.45, 7) is 4.07. The lowest BCUT2D eigenvalue weighted by molar-refractivity contribution is -0.143. The van der Waals surface area contributed by atoms with Crippen molar-refractivity contribution in [2.45, 2.75) is 95.3 Å². The maximum atomic E-state index is 11.1. The molecule has 0 saturated heterocycles. The lowest BCUT2D eigenvalue weighted by Crippen LogP contribution is -2.48. The van der Waals surface area contributed by atoms with Crippen molar-refractivity contribution in [2.24, 2.45) is 34.4 Å². The lowest BCUT2D eigenvalue weighted by Gasteiger charge is -2.15. The lowest BCUT2D eigenvalue weighted by atomic mass is 10.2. The largest absolute Gasteiger partial charge is 0.480 e. The van der Waals surface area contributed by atoms with E-state index in [1.807, 2.05) is 12.5 Å². The Bertz CT molecular complexity index is 1590. The van der Waals surface area contributed by atoms with Crippen molar-refractivity contribution in [3.8, 4) is 0 Å².